The van der Waals surface area contributed by atoms with Crippen LogP contribution in [0, 0.1) is 11.6 Å². The van der Waals surface area contributed by atoms with Crippen molar-refractivity contribution in [1.29, 1.82) is 0 Å². The molecule has 0 radical (unpaired) electrons. The minimum atomic E-state index is -1.18. The summed E-state index contributed by atoms with van der Waals surface area (Å²) in [6.45, 7) is 0.184. The van der Waals surface area contributed by atoms with E-state index in [0.717, 1.165) is 6.07 Å². The summed E-state index contributed by atoms with van der Waals surface area (Å²) in [4.78, 5) is 22.3. The van der Waals surface area contributed by atoms with Crippen LogP contribution in [0.3, 0.4) is 0 Å². The van der Waals surface area contributed by atoms with Crippen molar-refractivity contribution in [2.75, 3.05) is 13.7 Å². The molecular formula is C12H13F2NO3. The zero-order chi connectivity index (χ0) is 13.5. The van der Waals surface area contributed by atoms with Gasteiger partial charge in [0.15, 0.2) is 11.6 Å². The van der Waals surface area contributed by atoms with Gasteiger partial charge in [0.2, 0.25) is 0 Å². The third-order valence-corrected chi connectivity index (χ3v) is 2.27. The molecule has 1 amide bonds. The number of halogens is 2. The van der Waals surface area contributed by atoms with Gasteiger partial charge in [0.05, 0.1) is 12.7 Å². The normalized spacial score (nSPS) is 9.94. The van der Waals surface area contributed by atoms with Crippen LogP contribution in [-0.2, 0) is 9.53 Å². The fraction of sp³-hybridized carbons (Fsp3) is 0.333. The molecule has 98 valence electrons. The van der Waals surface area contributed by atoms with E-state index in [0.29, 0.717) is 6.42 Å². The van der Waals surface area contributed by atoms with Crippen molar-refractivity contribution in [3.8, 4) is 0 Å². The predicted octanol–water partition coefficient (Wildman–Crippen LogP) is 1.65. The van der Waals surface area contributed by atoms with Gasteiger partial charge in [-0.1, -0.05) is 6.07 Å². The van der Waals surface area contributed by atoms with Gasteiger partial charge >= 0.3 is 5.97 Å². The Morgan fingerprint density at radius 3 is 2.72 bits per heavy atom. The Bertz CT molecular complexity index is 449. The van der Waals surface area contributed by atoms with Crippen LogP contribution in [0.4, 0.5) is 8.78 Å². The van der Waals surface area contributed by atoms with Crippen LogP contribution in [0.2, 0.25) is 0 Å². The second-order valence-electron chi connectivity index (χ2n) is 3.54. The van der Waals surface area contributed by atoms with E-state index in [9.17, 15) is 18.4 Å². The minimum absolute atomic E-state index is 0.155. The van der Waals surface area contributed by atoms with Crippen LogP contribution in [-0.4, -0.2) is 25.5 Å². The number of benzene rings is 1. The predicted molar refractivity (Wildman–Crippen MR) is 59.9 cm³/mol. The van der Waals surface area contributed by atoms with Crippen molar-refractivity contribution in [3.05, 3.63) is 35.4 Å². The number of rotatable bonds is 5. The summed E-state index contributed by atoms with van der Waals surface area (Å²) in [7, 11) is 1.27. The third kappa shape index (κ3) is 3.80. The average molecular weight is 257 g/mol. The van der Waals surface area contributed by atoms with Gasteiger partial charge in [-0.05, 0) is 18.6 Å². The Labute approximate surface area is 103 Å². The zero-order valence-electron chi connectivity index (χ0n) is 9.83. The molecule has 0 aliphatic rings. The molecule has 0 saturated heterocycles. The summed E-state index contributed by atoms with van der Waals surface area (Å²) in [5, 5.41) is 2.39. The number of carbonyl (C=O) groups is 2. The number of methoxy groups -OCH3 is 1. The number of ether oxygens (including phenoxy) is 1. The second kappa shape index (κ2) is 6.68. The Morgan fingerprint density at radius 2 is 2.06 bits per heavy atom. The molecule has 0 heterocycles. The van der Waals surface area contributed by atoms with E-state index in [1.54, 1.807) is 0 Å². The molecule has 0 aliphatic carbocycles. The van der Waals surface area contributed by atoms with Gasteiger partial charge in [-0.25, -0.2) is 8.78 Å². The van der Waals surface area contributed by atoms with E-state index >= 15 is 0 Å². The molecule has 0 bridgehead atoms. The molecule has 1 aromatic rings. The third-order valence-electron chi connectivity index (χ3n) is 2.27. The molecule has 0 unspecified atom stereocenters. The van der Waals surface area contributed by atoms with Crippen LogP contribution >= 0.6 is 0 Å². The van der Waals surface area contributed by atoms with Crippen LogP contribution < -0.4 is 5.32 Å². The second-order valence-corrected chi connectivity index (χ2v) is 3.54. The van der Waals surface area contributed by atoms with E-state index in [2.05, 4.69) is 10.1 Å². The lowest BCUT2D eigenvalue weighted by Gasteiger charge is -2.06. The number of nitrogens with one attached hydrogen (secondary N) is 1. The molecule has 0 aromatic heterocycles. The summed E-state index contributed by atoms with van der Waals surface area (Å²) in [5.74, 6) is -3.35. The first-order valence-corrected chi connectivity index (χ1v) is 5.35. The maximum Gasteiger partial charge on any atom is 0.305 e. The average Bonchev–Trinajstić information content (AvgIpc) is 2.37. The fourth-order valence-electron chi connectivity index (χ4n) is 1.31. The molecule has 0 spiro atoms. The van der Waals surface area contributed by atoms with Crippen LogP contribution in [0.15, 0.2) is 18.2 Å². The van der Waals surface area contributed by atoms with Crippen LogP contribution in [0.5, 0.6) is 0 Å². The summed E-state index contributed by atoms with van der Waals surface area (Å²) in [6, 6.07) is 3.37. The van der Waals surface area contributed by atoms with Gasteiger partial charge in [-0.3, -0.25) is 9.59 Å². The molecular weight excluding hydrogens is 244 g/mol. The molecule has 1 aromatic carbocycles. The maximum atomic E-state index is 13.2. The maximum absolute atomic E-state index is 13.2. The Balaban J connectivity index is 2.46. The van der Waals surface area contributed by atoms with Crippen molar-refractivity contribution in [2.24, 2.45) is 0 Å². The summed E-state index contributed by atoms with van der Waals surface area (Å²) >= 11 is 0. The highest BCUT2D eigenvalue weighted by atomic mass is 19.2. The first-order valence-electron chi connectivity index (χ1n) is 5.35. The number of amides is 1. The Kier molecular flexibility index (Phi) is 5.23. The van der Waals surface area contributed by atoms with E-state index in [1.807, 2.05) is 0 Å². The van der Waals surface area contributed by atoms with Crippen molar-refractivity contribution in [2.45, 2.75) is 12.8 Å². The number of esters is 1. The van der Waals surface area contributed by atoms with Crippen LogP contribution in [0.1, 0.15) is 23.2 Å². The molecule has 1 N–H and O–H groups in total. The van der Waals surface area contributed by atoms with Crippen molar-refractivity contribution < 1.29 is 23.1 Å². The number of hydrogen-bond donors (Lipinski definition) is 1. The molecule has 18 heavy (non-hydrogen) atoms. The van der Waals surface area contributed by atoms with E-state index in [-0.39, 0.29) is 24.5 Å². The van der Waals surface area contributed by atoms with Gasteiger partial charge in [-0.15, -0.1) is 0 Å². The largest absolute Gasteiger partial charge is 0.469 e. The lowest BCUT2D eigenvalue weighted by molar-refractivity contribution is -0.140. The van der Waals surface area contributed by atoms with Gasteiger partial charge in [0.25, 0.3) is 5.91 Å². The monoisotopic (exact) mass is 257 g/mol. The topological polar surface area (TPSA) is 55.4 Å². The first kappa shape index (κ1) is 14.1. The summed E-state index contributed by atoms with van der Waals surface area (Å²) in [6.07, 6.45) is 0.526. The lowest BCUT2D eigenvalue weighted by atomic mass is 10.2. The summed E-state index contributed by atoms with van der Waals surface area (Å²) < 4.78 is 30.5. The van der Waals surface area contributed by atoms with Crippen molar-refractivity contribution in [1.82, 2.24) is 5.32 Å². The quantitative estimate of drug-likeness (QED) is 0.644. The Morgan fingerprint density at radius 1 is 1.33 bits per heavy atom. The van der Waals surface area contributed by atoms with E-state index in [1.165, 1.54) is 19.2 Å². The van der Waals surface area contributed by atoms with Gasteiger partial charge in [-0.2, -0.15) is 0 Å². The van der Waals surface area contributed by atoms with E-state index in [4.69, 9.17) is 0 Å². The Hall–Kier alpha value is -1.98. The van der Waals surface area contributed by atoms with Gasteiger partial charge in [0, 0.05) is 13.0 Å². The van der Waals surface area contributed by atoms with E-state index < -0.39 is 17.5 Å². The zero-order valence-corrected chi connectivity index (χ0v) is 9.83. The van der Waals surface area contributed by atoms with Crippen LogP contribution in [0.25, 0.3) is 0 Å². The highest BCUT2D eigenvalue weighted by Crippen LogP contribution is 2.10. The highest BCUT2D eigenvalue weighted by Gasteiger charge is 2.14. The summed E-state index contributed by atoms with van der Waals surface area (Å²) in [5.41, 5.74) is -0.354. The molecule has 0 saturated carbocycles. The first-order chi connectivity index (χ1) is 8.56. The molecule has 6 heteroatoms. The highest BCUT2D eigenvalue weighted by molar-refractivity contribution is 5.94. The van der Waals surface area contributed by atoms with Crippen molar-refractivity contribution >= 4 is 11.9 Å². The smallest absolute Gasteiger partial charge is 0.305 e. The molecule has 0 atom stereocenters. The SMILES string of the molecule is COC(=O)CCCNC(=O)c1cccc(F)c1F. The fourth-order valence-corrected chi connectivity index (χ4v) is 1.31. The standard InChI is InChI=1S/C12H13F2NO3/c1-18-10(16)6-3-7-15-12(17)8-4-2-5-9(13)11(8)14/h2,4-5H,3,6-7H2,1H3,(H,15,17). The van der Waals surface area contributed by atoms with Gasteiger partial charge < -0.3 is 10.1 Å². The molecule has 0 aliphatic heterocycles. The number of hydrogen-bond acceptors (Lipinski definition) is 3. The lowest BCUT2D eigenvalue weighted by Crippen LogP contribution is -2.26. The van der Waals surface area contributed by atoms with Crippen molar-refractivity contribution in [3.63, 3.8) is 0 Å². The minimum Gasteiger partial charge on any atom is -0.469 e. The molecule has 0 fully saturated rings. The molecule has 4 nitrogen and oxygen atoms in total. The molecule has 1 rings (SSSR count). The number of carbonyl (C=O) groups excluding carboxylic acids is 2. The van der Waals surface area contributed by atoms with Gasteiger partial charge in [0.1, 0.15) is 0 Å².